The molecule has 1 heterocycles. The van der Waals surface area contributed by atoms with Crippen LogP contribution < -0.4 is 16.2 Å². The first-order valence-electron chi connectivity index (χ1n) is 6.27. The average Bonchev–Trinajstić information content (AvgIpc) is 2.27. The lowest BCUT2D eigenvalue weighted by Gasteiger charge is -2.08. The van der Waals surface area contributed by atoms with Crippen molar-refractivity contribution >= 4 is 0 Å². The van der Waals surface area contributed by atoms with Crippen molar-refractivity contribution in [2.75, 3.05) is 19.6 Å². The number of pyridine rings is 1. The van der Waals surface area contributed by atoms with E-state index in [-0.39, 0.29) is 5.56 Å². The number of aromatic nitrogens is 1. The Labute approximate surface area is 103 Å². The first-order valence-corrected chi connectivity index (χ1v) is 6.27. The molecule has 1 aromatic rings. The minimum Gasteiger partial charge on any atom is -0.329 e. The lowest BCUT2D eigenvalue weighted by molar-refractivity contribution is 0.530. The van der Waals surface area contributed by atoms with Crippen LogP contribution in [0.1, 0.15) is 25.8 Å². The van der Waals surface area contributed by atoms with Crippen molar-refractivity contribution in [1.82, 2.24) is 15.6 Å². The lowest BCUT2D eigenvalue weighted by Crippen LogP contribution is -2.24. The number of rotatable bonds is 8. The summed E-state index contributed by atoms with van der Waals surface area (Å²) < 4.78 is 0. The number of hydrogen-bond donors (Lipinski definition) is 3. The van der Waals surface area contributed by atoms with E-state index in [9.17, 15) is 4.79 Å². The molecule has 0 saturated heterocycles. The second-order valence-corrected chi connectivity index (χ2v) is 4.69. The molecule has 0 radical (unpaired) electrons. The SMILES string of the molecule is CC(C)CNCCCNCc1cc[nH]c(=O)c1. The number of H-pyrrole nitrogens is 1. The zero-order valence-corrected chi connectivity index (χ0v) is 10.8. The molecule has 0 aromatic carbocycles. The van der Waals surface area contributed by atoms with Gasteiger partial charge in [0, 0.05) is 18.8 Å². The van der Waals surface area contributed by atoms with Crippen molar-refractivity contribution in [3.05, 3.63) is 34.2 Å². The summed E-state index contributed by atoms with van der Waals surface area (Å²) in [7, 11) is 0. The van der Waals surface area contributed by atoms with Crippen LogP contribution in [0.3, 0.4) is 0 Å². The van der Waals surface area contributed by atoms with E-state index < -0.39 is 0 Å². The molecule has 0 saturated carbocycles. The molecule has 0 spiro atoms. The Hall–Kier alpha value is -1.13. The van der Waals surface area contributed by atoms with Crippen molar-refractivity contribution in [3.8, 4) is 0 Å². The van der Waals surface area contributed by atoms with Gasteiger partial charge in [-0.1, -0.05) is 13.8 Å². The molecule has 1 rings (SSSR count). The van der Waals surface area contributed by atoms with Gasteiger partial charge in [0.1, 0.15) is 0 Å². The fraction of sp³-hybridized carbons (Fsp3) is 0.615. The molecular formula is C13H23N3O. The topological polar surface area (TPSA) is 56.9 Å². The van der Waals surface area contributed by atoms with Crippen LogP contribution in [0, 0.1) is 5.92 Å². The largest absolute Gasteiger partial charge is 0.329 e. The van der Waals surface area contributed by atoms with Crippen molar-refractivity contribution in [2.24, 2.45) is 5.92 Å². The number of hydrogen-bond acceptors (Lipinski definition) is 3. The van der Waals surface area contributed by atoms with Crippen LogP contribution in [-0.2, 0) is 6.54 Å². The smallest absolute Gasteiger partial charge is 0.248 e. The van der Waals surface area contributed by atoms with Crippen LogP contribution in [0.5, 0.6) is 0 Å². The quantitative estimate of drug-likeness (QED) is 0.593. The fourth-order valence-electron chi connectivity index (χ4n) is 1.56. The van der Waals surface area contributed by atoms with Crippen molar-refractivity contribution < 1.29 is 0 Å². The molecule has 17 heavy (non-hydrogen) atoms. The second kappa shape index (κ2) is 8.03. The Balaban J connectivity index is 2.03. The fourth-order valence-corrected chi connectivity index (χ4v) is 1.56. The first kappa shape index (κ1) is 13.9. The maximum Gasteiger partial charge on any atom is 0.248 e. The van der Waals surface area contributed by atoms with E-state index in [1.807, 2.05) is 6.07 Å². The van der Waals surface area contributed by atoms with Gasteiger partial charge in [-0.3, -0.25) is 4.79 Å². The Morgan fingerprint density at radius 2 is 2.06 bits per heavy atom. The molecule has 4 nitrogen and oxygen atoms in total. The van der Waals surface area contributed by atoms with Crippen LogP contribution in [0.15, 0.2) is 23.1 Å². The third-order valence-corrected chi connectivity index (χ3v) is 2.43. The van der Waals surface area contributed by atoms with Gasteiger partial charge in [0.2, 0.25) is 5.56 Å². The Kier molecular flexibility index (Phi) is 6.58. The molecule has 3 N–H and O–H groups in total. The molecule has 0 atom stereocenters. The normalized spacial score (nSPS) is 11.0. The van der Waals surface area contributed by atoms with E-state index in [1.54, 1.807) is 12.3 Å². The highest BCUT2D eigenvalue weighted by Gasteiger charge is 1.94. The summed E-state index contributed by atoms with van der Waals surface area (Å²) in [5.41, 5.74) is 0.992. The summed E-state index contributed by atoms with van der Waals surface area (Å²) in [5.74, 6) is 0.707. The summed E-state index contributed by atoms with van der Waals surface area (Å²) in [4.78, 5) is 13.6. The summed E-state index contributed by atoms with van der Waals surface area (Å²) >= 11 is 0. The molecule has 0 amide bonds. The molecule has 0 unspecified atom stereocenters. The van der Waals surface area contributed by atoms with Gasteiger partial charge in [-0.2, -0.15) is 0 Å². The molecule has 0 fully saturated rings. The molecule has 0 aliphatic carbocycles. The predicted molar refractivity (Wildman–Crippen MR) is 71.1 cm³/mol. The zero-order valence-electron chi connectivity index (χ0n) is 10.8. The minimum absolute atomic E-state index is 0.0390. The van der Waals surface area contributed by atoms with Gasteiger partial charge < -0.3 is 15.6 Å². The van der Waals surface area contributed by atoms with Crippen LogP contribution >= 0.6 is 0 Å². The van der Waals surface area contributed by atoms with Crippen LogP contribution in [0.4, 0.5) is 0 Å². The monoisotopic (exact) mass is 237 g/mol. The first-order chi connectivity index (χ1) is 8.18. The molecule has 96 valence electrons. The highest BCUT2D eigenvalue weighted by molar-refractivity contribution is 5.09. The minimum atomic E-state index is -0.0390. The van der Waals surface area contributed by atoms with Gasteiger partial charge in [0.25, 0.3) is 0 Å². The van der Waals surface area contributed by atoms with E-state index >= 15 is 0 Å². The molecule has 0 bridgehead atoms. The maximum atomic E-state index is 11.0. The standard InChI is InChI=1S/C13H23N3O/c1-11(2)9-14-5-3-6-15-10-12-4-7-16-13(17)8-12/h4,7-8,11,14-15H,3,5-6,9-10H2,1-2H3,(H,16,17). The van der Waals surface area contributed by atoms with Gasteiger partial charge in [-0.05, 0) is 43.6 Å². The summed E-state index contributed by atoms with van der Waals surface area (Å²) in [5, 5.41) is 6.72. The summed E-state index contributed by atoms with van der Waals surface area (Å²) in [6.07, 6.45) is 2.79. The van der Waals surface area contributed by atoms with E-state index in [1.165, 1.54) is 0 Å². The molecular weight excluding hydrogens is 214 g/mol. The average molecular weight is 237 g/mol. The molecule has 0 aliphatic heterocycles. The van der Waals surface area contributed by atoms with Crippen LogP contribution in [0.25, 0.3) is 0 Å². The second-order valence-electron chi connectivity index (χ2n) is 4.69. The summed E-state index contributed by atoms with van der Waals surface area (Å²) in [6, 6.07) is 3.55. The van der Waals surface area contributed by atoms with Gasteiger partial charge in [0.15, 0.2) is 0 Å². The third kappa shape index (κ3) is 6.92. The predicted octanol–water partition coefficient (Wildman–Crippen LogP) is 1.10. The molecule has 0 aliphatic rings. The van der Waals surface area contributed by atoms with Gasteiger partial charge in [-0.15, -0.1) is 0 Å². The molecule has 4 heteroatoms. The lowest BCUT2D eigenvalue weighted by atomic mass is 10.2. The van der Waals surface area contributed by atoms with E-state index in [2.05, 4.69) is 29.5 Å². The Morgan fingerprint density at radius 1 is 1.29 bits per heavy atom. The van der Waals surface area contributed by atoms with E-state index in [4.69, 9.17) is 0 Å². The van der Waals surface area contributed by atoms with Crippen molar-refractivity contribution in [2.45, 2.75) is 26.8 Å². The van der Waals surface area contributed by atoms with Gasteiger partial charge in [-0.25, -0.2) is 0 Å². The Bertz CT molecular complexity index is 360. The van der Waals surface area contributed by atoms with Crippen LogP contribution in [-0.4, -0.2) is 24.6 Å². The maximum absolute atomic E-state index is 11.0. The van der Waals surface area contributed by atoms with Gasteiger partial charge >= 0.3 is 0 Å². The third-order valence-electron chi connectivity index (χ3n) is 2.43. The molecule has 1 aromatic heterocycles. The number of aromatic amines is 1. The van der Waals surface area contributed by atoms with E-state index in [0.717, 1.165) is 38.2 Å². The Morgan fingerprint density at radius 3 is 2.76 bits per heavy atom. The van der Waals surface area contributed by atoms with E-state index in [0.29, 0.717) is 5.92 Å². The summed E-state index contributed by atoms with van der Waals surface area (Å²) in [6.45, 7) is 8.26. The van der Waals surface area contributed by atoms with Crippen molar-refractivity contribution in [3.63, 3.8) is 0 Å². The van der Waals surface area contributed by atoms with Gasteiger partial charge in [0.05, 0.1) is 0 Å². The highest BCUT2D eigenvalue weighted by Crippen LogP contribution is 1.91. The van der Waals surface area contributed by atoms with Crippen molar-refractivity contribution in [1.29, 1.82) is 0 Å². The zero-order chi connectivity index (χ0) is 12.5. The highest BCUT2D eigenvalue weighted by atomic mass is 16.1. The number of nitrogens with one attached hydrogen (secondary N) is 3. The van der Waals surface area contributed by atoms with Crippen LogP contribution in [0.2, 0.25) is 0 Å².